The van der Waals surface area contributed by atoms with Gasteiger partial charge in [0, 0.05) is 72.6 Å². The Balaban J connectivity index is 1.24. The fourth-order valence-corrected chi connectivity index (χ4v) is 9.73. The number of hydrogen-bond donors (Lipinski definition) is 5. The van der Waals surface area contributed by atoms with Crippen LogP contribution in [0.25, 0.3) is 21.9 Å². The van der Waals surface area contributed by atoms with Gasteiger partial charge in [-0.05, 0) is 134 Å². The third-order valence-corrected chi connectivity index (χ3v) is 12.7. The second-order valence-electron chi connectivity index (χ2n) is 16.6. The topological polar surface area (TPSA) is 157 Å². The van der Waals surface area contributed by atoms with E-state index in [1.54, 1.807) is 44.6 Å². The Morgan fingerprint density at radius 2 is 1.61 bits per heavy atom. The number of hydrogen-bond acceptors (Lipinski definition) is 11. The number of aryl methyl sites for hydroxylation is 1. The summed E-state index contributed by atoms with van der Waals surface area (Å²) in [5.74, 6) is 1.93. The van der Waals surface area contributed by atoms with E-state index in [0.29, 0.717) is 72.7 Å². The molecule has 11 nitrogen and oxygen atoms in total. The van der Waals surface area contributed by atoms with Gasteiger partial charge in [0.15, 0.2) is 0 Å². The van der Waals surface area contributed by atoms with Crippen molar-refractivity contribution in [1.29, 1.82) is 0 Å². The monoisotopic (exact) mass is 834 g/mol. The zero-order valence-electron chi connectivity index (χ0n) is 35.3. The van der Waals surface area contributed by atoms with Crippen molar-refractivity contribution in [2.24, 2.45) is 11.8 Å². The van der Waals surface area contributed by atoms with Crippen molar-refractivity contribution < 1.29 is 54.0 Å². The number of aliphatic hydroxyl groups excluding tert-OH is 2. The Bertz CT molecular complexity index is 2320. The minimum absolute atomic E-state index is 0.0422. The molecule has 324 valence electrons. The molecule has 5 N–H and O–H groups in total. The quantitative estimate of drug-likeness (QED) is 0.0605. The van der Waals surface area contributed by atoms with Crippen LogP contribution in [0.3, 0.4) is 0 Å². The number of ether oxygens (including phenoxy) is 6. The third kappa shape index (κ3) is 8.79. The van der Waals surface area contributed by atoms with Crippen LogP contribution < -0.4 is 18.9 Å². The summed E-state index contributed by atoms with van der Waals surface area (Å²) < 4.78 is 38.7. The van der Waals surface area contributed by atoms with Crippen LogP contribution in [-0.2, 0) is 22.3 Å². The Morgan fingerprint density at radius 1 is 0.787 bits per heavy atom. The maximum Gasteiger partial charge on any atom is 0.133 e. The molecule has 5 aromatic rings. The predicted molar refractivity (Wildman–Crippen MR) is 232 cm³/mol. The largest absolute Gasteiger partial charge is 0.508 e. The zero-order valence-corrected chi connectivity index (χ0v) is 35.3. The molecule has 0 radical (unpaired) electrons. The van der Waals surface area contributed by atoms with Crippen molar-refractivity contribution in [3.05, 3.63) is 101 Å². The highest BCUT2D eigenvalue weighted by atomic mass is 16.5. The molecule has 0 spiro atoms. The molecule has 8 rings (SSSR count). The molecule has 0 unspecified atom stereocenters. The van der Waals surface area contributed by atoms with Gasteiger partial charge in [-0.1, -0.05) is 19.1 Å². The second-order valence-corrected chi connectivity index (χ2v) is 16.6. The summed E-state index contributed by atoms with van der Waals surface area (Å²) in [7, 11) is 3.26. The minimum Gasteiger partial charge on any atom is -0.508 e. The van der Waals surface area contributed by atoms with Crippen LogP contribution in [0.5, 0.6) is 40.2 Å². The van der Waals surface area contributed by atoms with Gasteiger partial charge in [0.25, 0.3) is 0 Å². The summed E-state index contributed by atoms with van der Waals surface area (Å²) in [6.07, 6.45) is 4.84. The van der Waals surface area contributed by atoms with E-state index in [1.165, 1.54) is 0 Å². The SMILES string of the molecule is CCc1cc(-c2cccc(O)c2)c(Cc2cc(OC3CCCC3)cc3c2OC[C@H]([C@@H]2[C@@H](CCCOC)Oc4c(cc(OC)c5cc(O)ccc45)[C@@H]2OCCCO)[C@@H]3O)cc1O. The van der Waals surface area contributed by atoms with Gasteiger partial charge >= 0.3 is 0 Å². The summed E-state index contributed by atoms with van der Waals surface area (Å²) in [6, 6.07) is 21.9. The molecule has 0 aromatic heterocycles. The van der Waals surface area contributed by atoms with E-state index >= 15 is 0 Å². The zero-order chi connectivity index (χ0) is 42.6. The fourth-order valence-electron chi connectivity index (χ4n) is 9.73. The van der Waals surface area contributed by atoms with E-state index in [9.17, 15) is 25.5 Å². The van der Waals surface area contributed by atoms with E-state index < -0.39 is 30.1 Å². The van der Waals surface area contributed by atoms with Crippen LogP contribution in [0.2, 0.25) is 0 Å². The van der Waals surface area contributed by atoms with Crippen molar-refractivity contribution in [3.63, 3.8) is 0 Å². The maximum atomic E-state index is 12.8. The van der Waals surface area contributed by atoms with E-state index in [0.717, 1.165) is 64.5 Å². The molecular weight excluding hydrogens is 777 g/mol. The molecule has 0 amide bonds. The lowest BCUT2D eigenvalue weighted by atomic mass is 9.72. The van der Waals surface area contributed by atoms with Crippen molar-refractivity contribution in [2.45, 2.75) is 89.1 Å². The summed E-state index contributed by atoms with van der Waals surface area (Å²) in [6.45, 7) is 2.90. The highest BCUT2D eigenvalue weighted by Gasteiger charge is 2.49. The molecule has 2 heterocycles. The van der Waals surface area contributed by atoms with E-state index in [2.05, 4.69) is 0 Å². The Labute approximate surface area is 357 Å². The maximum absolute atomic E-state index is 12.8. The number of aromatic hydroxyl groups is 3. The van der Waals surface area contributed by atoms with Gasteiger partial charge < -0.3 is 54.0 Å². The Morgan fingerprint density at radius 3 is 2.36 bits per heavy atom. The molecule has 61 heavy (non-hydrogen) atoms. The first-order valence-corrected chi connectivity index (χ1v) is 21.7. The van der Waals surface area contributed by atoms with Crippen molar-refractivity contribution in [3.8, 4) is 51.4 Å². The number of benzene rings is 5. The summed E-state index contributed by atoms with van der Waals surface area (Å²) >= 11 is 0. The molecule has 2 aliphatic heterocycles. The van der Waals surface area contributed by atoms with Crippen molar-refractivity contribution in [1.82, 2.24) is 0 Å². The number of phenols is 3. The summed E-state index contributed by atoms with van der Waals surface area (Å²) in [4.78, 5) is 0. The predicted octanol–water partition coefficient (Wildman–Crippen LogP) is 9.09. The average Bonchev–Trinajstić information content (AvgIpc) is 3.77. The molecule has 0 bridgehead atoms. The average molecular weight is 835 g/mol. The first-order valence-electron chi connectivity index (χ1n) is 21.7. The van der Waals surface area contributed by atoms with E-state index in [1.807, 2.05) is 49.4 Å². The van der Waals surface area contributed by atoms with Gasteiger partial charge in [-0.3, -0.25) is 0 Å². The highest BCUT2D eigenvalue weighted by molar-refractivity contribution is 5.96. The van der Waals surface area contributed by atoms with Gasteiger partial charge in [-0.25, -0.2) is 0 Å². The number of methoxy groups -OCH3 is 2. The second kappa shape index (κ2) is 18.8. The minimum atomic E-state index is -1.01. The van der Waals surface area contributed by atoms with Crippen LogP contribution in [0.4, 0.5) is 0 Å². The van der Waals surface area contributed by atoms with Gasteiger partial charge in [-0.2, -0.15) is 0 Å². The lowest BCUT2D eigenvalue weighted by Crippen LogP contribution is -2.46. The lowest BCUT2D eigenvalue weighted by molar-refractivity contribution is -0.113. The van der Waals surface area contributed by atoms with Crippen molar-refractivity contribution >= 4 is 10.8 Å². The molecule has 5 atom stereocenters. The normalized spacial score (nSPS) is 21.1. The van der Waals surface area contributed by atoms with Gasteiger partial charge in [0.1, 0.15) is 46.4 Å². The fraction of sp³-hybridized carbons (Fsp3) is 0.440. The standard InChI is InChI=1S/C50H58O11/c1-4-29-23-38(30-10-7-11-33(52)21-30)31(24-43(29)54)20-32-22-36(60-35-12-5-6-13-35)26-40-47(55)42(28-59-48(32)40)46-44(14-8-18-56-2)61-49-37-16-15-34(53)25-39(37)45(57-3)27-41(49)50(46)58-19-9-17-51/h7,10-11,15-16,21-27,35,42,44,46-47,50-55H,4-6,8-9,12-14,17-20,28H2,1-3H3/t42-,44-,46-,47-,50+/m1/s1. The smallest absolute Gasteiger partial charge is 0.133 e. The van der Waals surface area contributed by atoms with Gasteiger partial charge in [0.2, 0.25) is 0 Å². The van der Waals surface area contributed by atoms with E-state index in [-0.39, 0.29) is 43.2 Å². The summed E-state index contributed by atoms with van der Waals surface area (Å²) in [5.41, 5.74) is 5.52. The van der Waals surface area contributed by atoms with E-state index in [4.69, 9.17) is 28.4 Å². The molecule has 1 saturated carbocycles. The lowest BCUT2D eigenvalue weighted by Gasteiger charge is -2.46. The Hall–Kier alpha value is -5.20. The Kier molecular flexibility index (Phi) is 13.1. The third-order valence-electron chi connectivity index (χ3n) is 12.7. The number of phenolic OH excluding ortho intramolecular Hbond substituents is 3. The first-order chi connectivity index (χ1) is 29.7. The molecule has 5 aromatic carbocycles. The first kappa shape index (κ1) is 42.5. The van der Waals surface area contributed by atoms with Crippen LogP contribution in [0.15, 0.2) is 72.8 Å². The molecule has 11 heteroatoms. The van der Waals surface area contributed by atoms with Crippen molar-refractivity contribution in [2.75, 3.05) is 40.6 Å². The van der Waals surface area contributed by atoms with Crippen LogP contribution in [-0.4, -0.2) is 78.4 Å². The number of rotatable bonds is 16. The molecule has 3 aliphatic rings. The molecule has 0 saturated heterocycles. The molecule has 1 aliphatic carbocycles. The number of aliphatic hydroxyl groups is 2. The molecular formula is C50H58O11. The van der Waals surface area contributed by atoms with Crippen LogP contribution in [0, 0.1) is 11.8 Å². The van der Waals surface area contributed by atoms with Gasteiger partial charge in [-0.15, -0.1) is 0 Å². The number of fused-ring (bicyclic) bond motifs is 4. The van der Waals surface area contributed by atoms with Crippen LogP contribution in [0.1, 0.15) is 91.9 Å². The summed E-state index contributed by atoms with van der Waals surface area (Å²) in [5, 5.41) is 56.2. The highest BCUT2D eigenvalue weighted by Crippen LogP contribution is 2.55. The molecule has 1 fully saturated rings. The van der Waals surface area contributed by atoms with Gasteiger partial charge in [0.05, 0.1) is 32.0 Å². The van der Waals surface area contributed by atoms with Crippen LogP contribution >= 0.6 is 0 Å².